The molecule has 94 valence electrons. The third-order valence-electron chi connectivity index (χ3n) is 2.45. The van der Waals surface area contributed by atoms with Crippen LogP contribution in [0.5, 0.6) is 0 Å². The predicted octanol–water partition coefficient (Wildman–Crippen LogP) is 0.894. The van der Waals surface area contributed by atoms with Crippen LogP contribution in [0.25, 0.3) is 0 Å². The highest BCUT2D eigenvalue weighted by Gasteiger charge is 2.17. The molecule has 18 heavy (non-hydrogen) atoms. The highest BCUT2D eigenvalue weighted by atomic mass is 16.2. The van der Waals surface area contributed by atoms with Crippen LogP contribution in [0.2, 0.25) is 0 Å². The summed E-state index contributed by atoms with van der Waals surface area (Å²) >= 11 is 0. The molecule has 2 N–H and O–H groups in total. The summed E-state index contributed by atoms with van der Waals surface area (Å²) < 4.78 is 0. The summed E-state index contributed by atoms with van der Waals surface area (Å²) in [6, 6.07) is 11.0. The fourth-order valence-electron chi connectivity index (χ4n) is 1.53. The third kappa shape index (κ3) is 3.91. The standard InChI is InChI=1S/C13H15N3O2/c1-2-11(10-6-4-3-5-7-10)16-13(18)12(17)15-9-8-14/h3-7,11H,2,9H2,1H3,(H,15,17)(H,16,18). The zero-order chi connectivity index (χ0) is 13.4. The first kappa shape index (κ1) is 13.7. The Morgan fingerprint density at radius 2 is 1.94 bits per heavy atom. The fraction of sp³-hybridized carbons (Fsp3) is 0.308. The fourth-order valence-corrected chi connectivity index (χ4v) is 1.53. The van der Waals surface area contributed by atoms with Crippen molar-refractivity contribution in [1.82, 2.24) is 10.6 Å². The summed E-state index contributed by atoms with van der Waals surface area (Å²) in [6.45, 7) is 1.75. The van der Waals surface area contributed by atoms with Gasteiger partial charge in [-0.1, -0.05) is 37.3 Å². The molecule has 0 radical (unpaired) electrons. The number of nitrogens with one attached hydrogen (secondary N) is 2. The molecule has 1 unspecified atom stereocenters. The Morgan fingerprint density at radius 1 is 1.28 bits per heavy atom. The molecule has 0 aliphatic carbocycles. The zero-order valence-electron chi connectivity index (χ0n) is 10.1. The highest BCUT2D eigenvalue weighted by Crippen LogP contribution is 2.15. The second-order valence-corrected chi connectivity index (χ2v) is 3.69. The van der Waals surface area contributed by atoms with Crippen molar-refractivity contribution in [2.45, 2.75) is 19.4 Å². The summed E-state index contributed by atoms with van der Waals surface area (Å²) in [7, 11) is 0. The van der Waals surface area contributed by atoms with Crippen LogP contribution in [0.1, 0.15) is 24.9 Å². The molecule has 1 aromatic carbocycles. The van der Waals surface area contributed by atoms with Crippen molar-refractivity contribution < 1.29 is 9.59 Å². The number of carbonyl (C=O) groups excluding carboxylic acids is 2. The Balaban J connectivity index is 2.62. The van der Waals surface area contributed by atoms with Gasteiger partial charge in [0.2, 0.25) is 0 Å². The van der Waals surface area contributed by atoms with E-state index in [2.05, 4.69) is 10.6 Å². The molecule has 5 nitrogen and oxygen atoms in total. The van der Waals surface area contributed by atoms with E-state index in [1.807, 2.05) is 37.3 Å². The van der Waals surface area contributed by atoms with Crippen molar-refractivity contribution >= 4 is 11.8 Å². The van der Waals surface area contributed by atoms with E-state index in [4.69, 9.17) is 5.26 Å². The maximum Gasteiger partial charge on any atom is 0.310 e. The molecule has 0 fully saturated rings. The van der Waals surface area contributed by atoms with Crippen LogP contribution in [-0.2, 0) is 9.59 Å². The average Bonchev–Trinajstić information content (AvgIpc) is 2.42. The quantitative estimate of drug-likeness (QED) is 0.610. The van der Waals surface area contributed by atoms with Crippen molar-refractivity contribution in [3.05, 3.63) is 35.9 Å². The number of nitrogens with zero attached hydrogens (tertiary/aromatic N) is 1. The SMILES string of the molecule is CCC(NC(=O)C(=O)NCC#N)c1ccccc1. The Kier molecular flexibility index (Phi) is 5.39. The van der Waals surface area contributed by atoms with Crippen LogP contribution in [0.4, 0.5) is 0 Å². The van der Waals surface area contributed by atoms with Crippen LogP contribution < -0.4 is 10.6 Å². The first-order valence-electron chi connectivity index (χ1n) is 5.69. The van der Waals surface area contributed by atoms with Gasteiger partial charge in [-0.25, -0.2) is 0 Å². The number of hydrogen-bond donors (Lipinski definition) is 2. The lowest BCUT2D eigenvalue weighted by molar-refractivity contribution is -0.139. The summed E-state index contributed by atoms with van der Waals surface area (Å²) in [5.41, 5.74) is 0.946. The number of carbonyl (C=O) groups is 2. The first-order valence-corrected chi connectivity index (χ1v) is 5.69. The summed E-state index contributed by atoms with van der Waals surface area (Å²) in [5, 5.41) is 13.1. The van der Waals surface area contributed by atoms with Gasteiger partial charge < -0.3 is 10.6 Å². The van der Waals surface area contributed by atoms with Gasteiger partial charge in [0.05, 0.1) is 12.1 Å². The molecule has 0 saturated carbocycles. The lowest BCUT2D eigenvalue weighted by Gasteiger charge is -2.16. The smallest absolute Gasteiger partial charge is 0.310 e. The topological polar surface area (TPSA) is 82.0 Å². The van der Waals surface area contributed by atoms with E-state index in [9.17, 15) is 9.59 Å². The molecule has 1 atom stereocenters. The van der Waals surface area contributed by atoms with Gasteiger partial charge in [0.25, 0.3) is 0 Å². The molecule has 0 heterocycles. The molecule has 0 saturated heterocycles. The maximum absolute atomic E-state index is 11.6. The molecular weight excluding hydrogens is 230 g/mol. The lowest BCUT2D eigenvalue weighted by atomic mass is 10.0. The van der Waals surface area contributed by atoms with Crippen LogP contribution in [0.15, 0.2) is 30.3 Å². The second-order valence-electron chi connectivity index (χ2n) is 3.69. The monoisotopic (exact) mass is 245 g/mol. The number of hydrogen-bond acceptors (Lipinski definition) is 3. The van der Waals surface area contributed by atoms with E-state index in [1.54, 1.807) is 6.07 Å². The van der Waals surface area contributed by atoms with Crippen molar-refractivity contribution in [3.63, 3.8) is 0 Å². The first-order chi connectivity index (χ1) is 8.69. The van der Waals surface area contributed by atoms with Crippen molar-refractivity contribution in [3.8, 4) is 6.07 Å². The molecule has 5 heteroatoms. The van der Waals surface area contributed by atoms with Crippen LogP contribution in [-0.4, -0.2) is 18.4 Å². The zero-order valence-corrected chi connectivity index (χ0v) is 10.1. The molecule has 0 aliphatic rings. The second kappa shape index (κ2) is 7.07. The number of amides is 2. The van der Waals surface area contributed by atoms with E-state index < -0.39 is 11.8 Å². The van der Waals surface area contributed by atoms with Crippen LogP contribution in [0.3, 0.4) is 0 Å². The van der Waals surface area contributed by atoms with Gasteiger partial charge in [-0.15, -0.1) is 0 Å². The summed E-state index contributed by atoms with van der Waals surface area (Å²) in [4.78, 5) is 22.9. The Bertz CT molecular complexity index is 451. The van der Waals surface area contributed by atoms with Gasteiger partial charge in [0.1, 0.15) is 6.54 Å². The Labute approximate surface area is 106 Å². The maximum atomic E-state index is 11.6. The summed E-state index contributed by atoms with van der Waals surface area (Å²) in [5.74, 6) is -1.51. The number of nitriles is 1. The van der Waals surface area contributed by atoms with E-state index >= 15 is 0 Å². The van der Waals surface area contributed by atoms with Crippen molar-refractivity contribution in [2.24, 2.45) is 0 Å². The minimum Gasteiger partial charge on any atom is -0.341 e. The van der Waals surface area contributed by atoms with E-state index in [0.717, 1.165) is 5.56 Å². The van der Waals surface area contributed by atoms with Gasteiger partial charge in [0, 0.05) is 0 Å². The van der Waals surface area contributed by atoms with E-state index in [1.165, 1.54) is 0 Å². The molecule has 0 aliphatic heterocycles. The Hall–Kier alpha value is -2.35. The van der Waals surface area contributed by atoms with E-state index in [-0.39, 0.29) is 12.6 Å². The van der Waals surface area contributed by atoms with Gasteiger partial charge in [-0.3, -0.25) is 9.59 Å². The Morgan fingerprint density at radius 3 is 2.50 bits per heavy atom. The normalized spacial score (nSPS) is 11.1. The van der Waals surface area contributed by atoms with Gasteiger partial charge >= 0.3 is 11.8 Å². The molecule has 1 aromatic rings. The third-order valence-corrected chi connectivity index (χ3v) is 2.45. The molecular formula is C13H15N3O2. The van der Waals surface area contributed by atoms with Gasteiger partial charge in [0.15, 0.2) is 0 Å². The van der Waals surface area contributed by atoms with E-state index in [0.29, 0.717) is 6.42 Å². The molecule has 0 spiro atoms. The minimum atomic E-state index is -0.786. The number of benzene rings is 1. The minimum absolute atomic E-state index is 0.172. The summed E-state index contributed by atoms with van der Waals surface area (Å²) in [6.07, 6.45) is 0.682. The van der Waals surface area contributed by atoms with Crippen molar-refractivity contribution in [2.75, 3.05) is 6.54 Å². The average molecular weight is 245 g/mol. The molecule has 0 aromatic heterocycles. The molecule has 2 amide bonds. The van der Waals surface area contributed by atoms with Gasteiger partial charge in [-0.05, 0) is 12.0 Å². The molecule has 0 bridgehead atoms. The number of rotatable bonds is 4. The lowest BCUT2D eigenvalue weighted by Crippen LogP contribution is -2.41. The van der Waals surface area contributed by atoms with Crippen LogP contribution in [0, 0.1) is 11.3 Å². The highest BCUT2D eigenvalue weighted by molar-refractivity contribution is 6.35. The molecule has 1 rings (SSSR count). The predicted molar refractivity (Wildman–Crippen MR) is 66.2 cm³/mol. The van der Waals surface area contributed by atoms with Gasteiger partial charge in [-0.2, -0.15) is 5.26 Å². The van der Waals surface area contributed by atoms with Crippen LogP contribution >= 0.6 is 0 Å². The largest absolute Gasteiger partial charge is 0.341 e. The van der Waals surface area contributed by atoms with Crippen molar-refractivity contribution in [1.29, 1.82) is 5.26 Å².